The summed E-state index contributed by atoms with van der Waals surface area (Å²) < 4.78 is 16.0. The van der Waals surface area contributed by atoms with Crippen molar-refractivity contribution >= 4 is 17.6 Å². The SMILES string of the molecule is CCOC(=O)NN1C2(C)CC(=O)CC1(C)c1cc3c(cc1N2)OCO3. The lowest BCUT2D eigenvalue weighted by Crippen LogP contribution is -2.72. The molecule has 0 aliphatic carbocycles. The molecule has 0 radical (unpaired) electrons. The standard InChI is InChI=1S/C17H21N3O5/c1-4-23-15(22)19-20-16(2)7-10(21)8-17(20,3)18-12-6-14-13(5-11(12)16)24-9-25-14/h5-6,18H,4,7-9H2,1-3H3,(H,19,22). The number of ether oxygens (including phenoxy) is 3. The third kappa shape index (κ3) is 2.31. The number of hydrogen-bond acceptors (Lipinski definition) is 7. The van der Waals surface area contributed by atoms with E-state index >= 15 is 0 Å². The van der Waals surface area contributed by atoms with Gasteiger partial charge in [0.05, 0.1) is 12.1 Å². The molecule has 1 fully saturated rings. The predicted octanol–water partition coefficient (Wildman–Crippen LogP) is 2.10. The zero-order chi connectivity index (χ0) is 17.8. The van der Waals surface area contributed by atoms with Crippen LogP contribution in [0.2, 0.25) is 0 Å². The van der Waals surface area contributed by atoms with Crippen LogP contribution < -0.4 is 20.2 Å². The molecule has 3 aliphatic rings. The van der Waals surface area contributed by atoms with Crippen molar-refractivity contribution < 1.29 is 23.8 Å². The van der Waals surface area contributed by atoms with Crippen molar-refractivity contribution in [3.63, 3.8) is 0 Å². The number of benzene rings is 1. The molecular weight excluding hydrogens is 326 g/mol. The zero-order valence-electron chi connectivity index (χ0n) is 14.5. The summed E-state index contributed by atoms with van der Waals surface area (Å²) in [7, 11) is 0. The van der Waals surface area contributed by atoms with Crippen molar-refractivity contribution in [3.8, 4) is 11.5 Å². The topological polar surface area (TPSA) is 89.1 Å². The molecule has 1 saturated heterocycles. The molecule has 2 unspecified atom stereocenters. The second kappa shape index (κ2) is 5.26. The van der Waals surface area contributed by atoms with E-state index in [9.17, 15) is 9.59 Å². The minimum Gasteiger partial charge on any atom is -0.454 e. The minimum absolute atomic E-state index is 0.128. The van der Waals surface area contributed by atoms with Gasteiger partial charge in [-0.25, -0.2) is 4.79 Å². The predicted molar refractivity (Wildman–Crippen MR) is 88.2 cm³/mol. The third-order valence-electron chi connectivity index (χ3n) is 5.05. The Morgan fingerprint density at radius 2 is 2.04 bits per heavy atom. The van der Waals surface area contributed by atoms with Gasteiger partial charge in [0.15, 0.2) is 11.5 Å². The quantitative estimate of drug-likeness (QED) is 0.847. The van der Waals surface area contributed by atoms with E-state index in [1.807, 2.05) is 26.0 Å². The second-order valence-electron chi connectivity index (χ2n) is 6.98. The van der Waals surface area contributed by atoms with Gasteiger partial charge in [-0.05, 0) is 26.8 Å². The molecule has 2 bridgehead atoms. The first-order chi connectivity index (χ1) is 11.9. The number of ketones is 1. The van der Waals surface area contributed by atoms with Crippen molar-refractivity contribution in [2.24, 2.45) is 0 Å². The molecule has 2 atom stereocenters. The maximum Gasteiger partial charge on any atom is 0.421 e. The average molecular weight is 347 g/mol. The first kappa shape index (κ1) is 16.0. The number of anilines is 1. The number of carbonyl (C=O) groups is 2. The zero-order valence-corrected chi connectivity index (χ0v) is 14.5. The molecule has 3 aliphatic heterocycles. The number of Topliss-reactive ketones (excluding diaryl/α,β-unsaturated/α-hetero) is 1. The molecule has 2 N–H and O–H groups in total. The van der Waals surface area contributed by atoms with Crippen molar-refractivity contribution in [2.45, 2.75) is 44.8 Å². The van der Waals surface area contributed by atoms with Gasteiger partial charge in [0.2, 0.25) is 6.79 Å². The highest BCUT2D eigenvalue weighted by Gasteiger charge is 2.56. The molecule has 8 heteroatoms. The van der Waals surface area contributed by atoms with Crippen molar-refractivity contribution in [1.82, 2.24) is 10.4 Å². The maximum absolute atomic E-state index is 12.4. The maximum atomic E-state index is 12.4. The van der Waals surface area contributed by atoms with Gasteiger partial charge in [-0.3, -0.25) is 10.2 Å². The molecule has 25 heavy (non-hydrogen) atoms. The van der Waals surface area contributed by atoms with E-state index in [1.165, 1.54) is 0 Å². The number of hydrazine groups is 1. The Balaban J connectivity index is 1.82. The summed E-state index contributed by atoms with van der Waals surface area (Å²) >= 11 is 0. The van der Waals surface area contributed by atoms with Crippen molar-refractivity contribution in [3.05, 3.63) is 17.7 Å². The molecule has 0 spiro atoms. The molecule has 1 aromatic carbocycles. The van der Waals surface area contributed by atoms with Crippen molar-refractivity contribution in [2.75, 3.05) is 18.7 Å². The molecule has 134 valence electrons. The van der Waals surface area contributed by atoms with Gasteiger partial charge in [-0.2, -0.15) is 5.01 Å². The number of hydrogen-bond donors (Lipinski definition) is 2. The molecule has 8 nitrogen and oxygen atoms in total. The first-order valence-corrected chi connectivity index (χ1v) is 8.33. The third-order valence-corrected chi connectivity index (χ3v) is 5.05. The average Bonchev–Trinajstić information content (AvgIpc) is 2.96. The number of rotatable bonds is 2. The number of carbonyl (C=O) groups excluding carboxylic acids is 2. The van der Waals surface area contributed by atoms with Crippen molar-refractivity contribution in [1.29, 1.82) is 0 Å². The Morgan fingerprint density at radius 3 is 2.76 bits per heavy atom. The highest BCUT2D eigenvalue weighted by atomic mass is 16.7. The van der Waals surface area contributed by atoms with Gasteiger partial charge in [0.1, 0.15) is 11.4 Å². The van der Waals surface area contributed by atoms with E-state index in [0.29, 0.717) is 11.5 Å². The van der Waals surface area contributed by atoms with E-state index in [0.717, 1.165) is 11.3 Å². The summed E-state index contributed by atoms with van der Waals surface area (Å²) in [6.07, 6.45) is 0.00642. The second-order valence-corrected chi connectivity index (χ2v) is 6.98. The Hall–Kier alpha value is -2.48. The van der Waals surface area contributed by atoms with E-state index in [1.54, 1.807) is 11.9 Å². The largest absolute Gasteiger partial charge is 0.454 e. The summed E-state index contributed by atoms with van der Waals surface area (Å²) in [5.41, 5.74) is 3.08. The van der Waals surface area contributed by atoms with Crippen LogP contribution in [0.25, 0.3) is 0 Å². The van der Waals surface area contributed by atoms with Crippen LogP contribution in [0.1, 0.15) is 39.2 Å². The normalized spacial score (nSPS) is 29.6. The Kier molecular flexibility index (Phi) is 3.37. The van der Waals surface area contributed by atoms with Gasteiger partial charge in [-0.15, -0.1) is 0 Å². The van der Waals surface area contributed by atoms with Gasteiger partial charge in [-0.1, -0.05) is 0 Å². The Labute approximate surface area is 145 Å². The van der Waals surface area contributed by atoms with Gasteiger partial charge < -0.3 is 19.5 Å². The fourth-order valence-corrected chi connectivity index (χ4v) is 4.13. The first-order valence-electron chi connectivity index (χ1n) is 8.33. The van der Waals surface area contributed by atoms with Crippen LogP contribution in [0.4, 0.5) is 10.5 Å². The highest BCUT2D eigenvalue weighted by Crippen LogP contribution is 2.52. The monoisotopic (exact) mass is 347 g/mol. The Bertz CT molecular complexity index is 767. The molecule has 3 heterocycles. The van der Waals surface area contributed by atoms with Gasteiger partial charge >= 0.3 is 6.09 Å². The molecular formula is C17H21N3O5. The molecule has 1 amide bonds. The van der Waals surface area contributed by atoms with Crippen LogP contribution in [0.5, 0.6) is 11.5 Å². The summed E-state index contributed by atoms with van der Waals surface area (Å²) in [5.74, 6) is 1.44. The molecule has 0 aromatic heterocycles. The summed E-state index contributed by atoms with van der Waals surface area (Å²) in [5, 5.41) is 5.18. The van der Waals surface area contributed by atoms with Crippen LogP contribution in [0.3, 0.4) is 0 Å². The van der Waals surface area contributed by atoms with Crippen LogP contribution in [0, 0.1) is 0 Å². The molecule has 4 rings (SSSR count). The van der Waals surface area contributed by atoms with E-state index < -0.39 is 17.3 Å². The summed E-state index contributed by atoms with van der Waals surface area (Å²) in [6, 6.07) is 3.77. The number of amides is 1. The number of piperidine rings is 1. The lowest BCUT2D eigenvalue weighted by atomic mass is 9.74. The Morgan fingerprint density at radius 1 is 1.32 bits per heavy atom. The highest BCUT2D eigenvalue weighted by molar-refractivity contribution is 5.85. The van der Waals surface area contributed by atoms with E-state index in [4.69, 9.17) is 14.2 Å². The number of fused-ring (bicyclic) bond motifs is 5. The van der Waals surface area contributed by atoms with Crippen LogP contribution in [-0.2, 0) is 15.1 Å². The van der Waals surface area contributed by atoms with Crippen LogP contribution in [0.15, 0.2) is 12.1 Å². The lowest BCUT2D eigenvalue weighted by molar-refractivity contribution is -0.141. The summed E-state index contributed by atoms with van der Waals surface area (Å²) in [4.78, 5) is 24.5. The summed E-state index contributed by atoms with van der Waals surface area (Å²) in [6.45, 7) is 6.03. The van der Waals surface area contributed by atoms with Crippen LogP contribution in [-0.4, -0.2) is 35.9 Å². The number of nitrogens with one attached hydrogen (secondary N) is 2. The smallest absolute Gasteiger partial charge is 0.421 e. The molecule has 1 aromatic rings. The fraction of sp³-hybridized carbons (Fsp3) is 0.529. The lowest BCUT2D eigenvalue weighted by Gasteiger charge is -2.58. The fourth-order valence-electron chi connectivity index (χ4n) is 4.13. The van der Waals surface area contributed by atoms with Gasteiger partial charge in [0, 0.05) is 30.2 Å². The van der Waals surface area contributed by atoms with Crippen LogP contribution >= 0.6 is 0 Å². The minimum atomic E-state index is -0.766. The molecule has 0 saturated carbocycles. The van der Waals surface area contributed by atoms with E-state index in [2.05, 4.69) is 10.7 Å². The van der Waals surface area contributed by atoms with Gasteiger partial charge in [0.25, 0.3) is 0 Å². The number of nitrogens with zero attached hydrogens (tertiary/aromatic N) is 1. The van der Waals surface area contributed by atoms with E-state index in [-0.39, 0.29) is 32.0 Å².